The summed E-state index contributed by atoms with van der Waals surface area (Å²) in [6.45, 7) is 4.94. The fourth-order valence-electron chi connectivity index (χ4n) is 2.74. The summed E-state index contributed by atoms with van der Waals surface area (Å²) in [5.74, 6) is 0.755. The lowest BCUT2D eigenvalue weighted by Crippen LogP contribution is -2.41. The van der Waals surface area contributed by atoms with E-state index in [1.807, 2.05) is 18.2 Å². The van der Waals surface area contributed by atoms with Crippen LogP contribution < -0.4 is 10.1 Å². The zero-order valence-corrected chi connectivity index (χ0v) is 13.3. The highest BCUT2D eigenvalue weighted by Gasteiger charge is 2.13. The summed E-state index contributed by atoms with van der Waals surface area (Å²) in [5, 5.41) is 3.92. The number of carbonyl (C=O) groups excluding carboxylic acids is 1. The van der Waals surface area contributed by atoms with E-state index in [-0.39, 0.29) is 5.91 Å². The van der Waals surface area contributed by atoms with Crippen molar-refractivity contribution < 1.29 is 18.7 Å². The first kappa shape index (κ1) is 15.8. The second-order valence-electron chi connectivity index (χ2n) is 5.60. The average molecular weight is 318 g/mol. The Labute approximate surface area is 135 Å². The van der Waals surface area contributed by atoms with E-state index in [0.29, 0.717) is 13.0 Å². The molecule has 0 saturated carbocycles. The molecule has 1 aliphatic rings. The number of fused-ring (bicyclic) bond motifs is 1. The normalized spacial score (nSPS) is 15.7. The number of morpholine rings is 1. The number of carbonyl (C=O) groups is 1. The quantitative estimate of drug-likeness (QED) is 0.873. The van der Waals surface area contributed by atoms with Gasteiger partial charge in [0.15, 0.2) is 0 Å². The van der Waals surface area contributed by atoms with E-state index in [0.717, 1.165) is 55.1 Å². The van der Waals surface area contributed by atoms with Crippen LogP contribution in [-0.2, 0) is 16.0 Å². The molecular weight excluding hydrogens is 296 g/mol. The summed E-state index contributed by atoms with van der Waals surface area (Å²) in [7, 11) is 1.62. The highest BCUT2D eigenvalue weighted by Crippen LogP contribution is 2.25. The third kappa shape index (κ3) is 4.03. The molecule has 1 aliphatic heterocycles. The number of nitrogens with one attached hydrogen (secondary N) is 1. The molecule has 0 unspecified atom stereocenters. The Morgan fingerprint density at radius 2 is 2.17 bits per heavy atom. The monoisotopic (exact) mass is 318 g/mol. The van der Waals surface area contributed by atoms with Gasteiger partial charge >= 0.3 is 0 Å². The molecule has 23 heavy (non-hydrogen) atoms. The maximum absolute atomic E-state index is 12.1. The van der Waals surface area contributed by atoms with E-state index in [1.54, 1.807) is 13.4 Å². The van der Waals surface area contributed by atoms with Gasteiger partial charge in [0.1, 0.15) is 11.3 Å². The minimum atomic E-state index is 0.0109. The fourth-order valence-corrected chi connectivity index (χ4v) is 2.74. The maximum atomic E-state index is 12.1. The number of benzene rings is 1. The summed E-state index contributed by atoms with van der Waals surface area (Å²) in [4.78, 5) is 14.4. The molecule has 124 valence electrons. The van der Waals surface area contributed by atoms with Gasteiger partial charge < -0.3 is 19.2 Å². The minimum Gasteiger partial charge on any atom is -0.497 e. The predicted molar refractivity (Wildman–Crippen MR) is 86.7 cm³/mol. The molecule has 6 heteroatoms. The van der Waals surface area contributed by atoms with E-state index in [2.05, 4.69) is 10.2 Å². The lowest BCUT2D eigenvalue weighted by atomic mass is 10.1. The van der Waals surface area contributed by atoms with E-state index in [1.165, 1.54) is 0 Å². The SMILES string of the molecule is COc1ccc2c(CC(=O)NCCN3CCOCC3)coc2c1. The van der Waals surface area contributed by atoms with E-state index < -0.39 is 0 Å². The van der Waals surface area contributed by atoms with Crippen LogP contribution in [0.4, 0.5) is 0 Å². The van der Waals surface area contributed by atoms with Crippen molar-refractivity contribution >= 4 is 16.9 Å². The predicted octanol–water partition coefficient (Wildman–Crippen LogP) is 1.43. The van der Waals surface area contributed by atoms with Crippen LogP contribution in [0.3, 0.4) is 0 Å². The number of nitrogens with zero attached hydrogens (tertiary/aromatic N) is 1. The first-order chi connectivity index (χ1) is 11.3. The van der Waals surface area contributed by atoms with Crippen LogP contribution in [0.2, 0.25) is 0 Å². The molecule has 2 heterocycles. The summed E-state index contributed by atoms with van der Waals surface area (Å²) in [6, 6.07) is 5.63. The highest BCUT2D eigenvalue weighted by molar-refractivity contribution is 5.88. The molecule has 1 aromatic heterocycles. The molecule has 0 aliphatic carbocycles. The van der Waals surface area contributed by atoms with Crippen LogP contribution in [0.15, 0.2) is 28.9 Å². The maximum Gasteiger partial charge on any atom is 0.224 e. The Morgan fingerprint density at radius 1 is 1.35 bits per heavy atom. The number of rotatable bonds is 6. The van der Waals surface area contributed by atoms with Crippen LogP contribution in [-0.4, -0.2) is 57.3 Å². The Bertz CT molecular complexity index is 662. The molecule has 6 nitrogen and oxygen atoms in total. The zero-order chi connectivity index (χ0) is 16.1. The van der Waals surface area contributed by atoms with Crippen LogP contribution in [0, 0.1) is 0 Å². The molecule has 0 spiro atoms. The van der Waals surface area contributed by atoms with Gasteiger partial charge in [0.2, 0.25) is 5.91 Å². The Hall–Kier alpha value is -2.05. The summed E-state index contributed by atoms with van der Waals surface area (Å²) in [6.07, 6.45) is 1.97. The Kier molecular flexibility index (Phi) is 5.15. The van der Waals surface area contributed by atoms with Crippen LogP contribution in [0.5, 0.6) is 5.75 Å². The lowest BCUT2D eigenvalue weighted by Gasteiger charge is -2.26. The van der Waals surface area contributed by atoms with Gasteiger partial charge in [0.25, 0.3) is 0 Å². The standard InChI is InChI=1S/C17H22N2O4/c1-21-14-2-3-15-13(12-23-16(15)11-14)10-17(20)18-4-5-19-6-8-22-9-7-19/h2-3,11-12H,4-10H2,1H3,(H,18,20). The molecule has 0 radical (unpaired) electrons. The summed E-state index contributed by atoms with van der Waals surface area (Å²) >= 11 is 0. The number of hydrogen-bond acceptors (Lipinski definition) is 5. The van der Waals surface area contributed by atoms with Gasteiger partial charge in [-0.05, 0) is 12.1 Å². The molecule has 2 aromatic rings. The van der Waals surface area contributed by atoms with Crippen molar-refractivity contribution in [3.05, 3.63) is 30.0 Å². The fraction of sp³-hybridized carbons (Fsp3) is 0.471. The molecule has 0 bridgehead atoms. The van der Waals surface area contributed by atoms with Crippen molar-refractivity contribution in [2.45, 2.75) is 6.42 Å². The molecule has 3 rings (SSSR count). The number of methoxy groups -OCH3 is 1. The van der Waals surface area contributed by atoms with Gasteiger partial charge in [-0.15, -0.1) is 0 Å². The van der Waals surface area contributed by atoms with Crippen molar-refractivity contribution in [2.75, 3.05) is 46.5 Å². The van der Waals surface area contributed by atoms with Crippen LogP contribution >= 0.6 is 0 Å². The van der Waals surface area contributed by atoms with Crippen LogP contribution in [0.1, 0.15) is 5.56 Å². The van der Waals surface area contributed by atoms with Gasteiger partial charge in [-0.1, -0.05) is 0 Å². The highest BCUT2D eigenvalue weighted by atomic mass is 16.5. The van der Waals surface area contributed by atoms with Crippen molar-refractivity contribution in [1.29, 1.82) is 0 Å². The molecule has 1 fully saturated rings. The van der Waals surface area contributed by atoms with Gasteiger partial charge in [0.05, 0.1) is 33.0 Å². The smallest absolute Gasteiger partial charge is 0.224 e. The number of ether oxygens (including phenoxy) is 2. The largest absolute Gasteiger partial charge is 0.497 e. The van der Waals surface area contributed by atoms with Crippen LogP contribution in [0.25, 0.3) is 11.0 Å². The zero-order valence-electron chi connectivity index (χ0n) is 13.3. The third-order valence-electron chi connectivity index (χ3n) is 4.07. The first-order valence-electron chi connectivity index (χ1n) is 7.87. The average Bonchev–Trinajstić information content (AvgIpc) is 2.98. The Balaban J connectivity index is 1.51. The first-order valence-corrected chi connectivity index (χ1v) is 7.87. The van der Waals surface area contributed by atoms with Crippen molar-refractivity contribution in [3.63, 3.8) is 0 Å². The molecule has 0 atom stereocenters. The molecule has 1 saturated heterocycles. The third-order valence-corrected chi connectivity index (χ3v) is 4.07. The van der Waals surface area contributed by atoms with Gasteiger partial charge in [-0.25, -0.2) is 0 Å². The minimum absolute atomic E-state index is 0.0109. The van der Waals surface area contributed by atoms with Gasteiger partial charge in [-0.2, -0.15) is 0 Å². The Morgan fingerprint density at radius 3 is 2.96 bits per heavy atom. The molecule has 1 amide bonds. The number of hydrogen-bond donors (Lipinski definition) is 1. The van der Waals surface area contributed by atoms with Gasteiger partial charge in [0, 0.05) is 43.2 Å². The second-order valence-corrected chi connectivity index (χ2v) is 5.60. The molecule has 1 aromatic carbocycles. The number of furan rings is 1. The summed E-state index contributed by atoms with van der Waals surface area (Å²) in [5.41, 5.74) is 1.63. The van der Waals surface area contributed by atoms with E-state index in [4.69, 9.17) is 13.9 Å². The van der Waals surface area contributed by atoms with Crippen molar-refractivity contribution in [2.24, 2.45) is 0 Å². The van der Waals surface area contributed by atoms with Gasteiger partial charge in [-0.3, -0.25) is 9.69 Å². The van der Waals surface area contributed by atoms with Crippen molar-refractivity contribution in [3.8, 4) is 5.75 Å². The lowest BCUT2D eigenvalue weighted by molar-refractivity contribution is -0.120. The summed E-state index contributed by atoms with van der Waals surface area (Å²) < 4.78 is 16.0. The topological polar surface area (TPSA) is 63.9 Å². The molecular formula is C17H22N2O4. The van der Waals surface area contributed by atoms with E-state index in [9.17, 15) is 4.79 Å². The second kappa shape index (κ2) is 7.48. The number of amides is 1. The van der Waals surface area contributed by atoms with E-state index >= 15 is 0 Å². The molecule has 1 N–H and O–H groups in total. The van der Waals surface area contributed by atoms with Crippen molar-refractivity contribution in [1.82, 2.24) is 10.2 Å².